The summed E-state index contributed by atoms with van der Waals surface area (Å²) >= 11 is 0. The Hall–Kier alpha value is -1.92. The van der Waals surface area contributed by atoms with Gasteiger partial charge in [0.15, 0.2) is 11.2 Å². The van der Waals surface area contributed by atoms with Gasteiger partial charge in [0.1, 0.15) is 6.33 Å². The predicted molar refractivity (Wildman–Crippen MR) is 42.1 cm³/mol. The van der Waals surface area contributed by atoms with Gasteiger partial charge in [-0.1, -0.05) is 4.48 Å². The molecular formula is C6H5FN4O2. The number of H-pyrrole nitrogens is 1. The molecule has 0 aromatic carbocycles. The first kappa shape index (κ1) is 7.71. The van der Waals surface area contributed by atoms with Crippen LogP contribution in [0.4, 0.5) is 4.48 Å². The van der Waals surface area contributed by atoms with Gasteiger partial charge in [-0.25, -0.2) is 9.78 Å². The molecule has 1 N–H and O–H groups in total. The molecule has 0 aliphatic carbocycles. The van der Waals surface area contributed by atoms with E-state index >= 15 is 0 Å². The van der Waals surface area contributed by atoms with Crippen molar-refractivity contribution >= 4 is 11.2 Å². The van der Waals surface area contributed by atoms with E-state index in [1.54, 1.807) is 0 Å². The summed E-state index contributed by atoms with van der Waals surface area (Å²) < 4.78 is 13.6. The fourth-order valence-electron chi connectivity index (χ4n) is 1.05. The third-order valence-electron chi connectivity index (χ3n) is 1.76. The van der Waals surface area contributed by atoms with Gasteiger partial charge in [-0.3, -0.25) is 14.3 Å². The highest BCUT2D eigenvalue weighted by Crippen LogP contribution is 2.01. The van der Waals surface area contributed by atoms with E-state index in [0.717, 1.165) is 10.9 Å². The molecule has 0 saturated heterocycles. The molecule has 0 aliphatic rings. The topological polar surface area (TPSA) is 72.7 Å². The van der Waals surface area contributed by atoms with Crippen LogP contribution in [-0.2, 0) is 7.05 Å². The van der Waals surface area contributed by atoms with Crippen molar-refractivity contribution in [2.45, 2.75) is 0 Å². The molecule has 2 rings (SSSR count). The second kappa shape index (κ2) is 2.28. The number of aromatic nitrogens is 4. The molecule has 6 nitrogen and oxygen atoms in total. The van der Waals surface area contributed by atoms with Gasteiger partial charge in [0.2, 0.25) is 0 Å². The summed E-state index contributed by atoms with van der Waals surface area (Å²) in [6, 6.07) is 0. The molecule has 2 aromatic heterocycles. The number of fused-ring (bicyclic) bond motifs is 1. The lowest BCUT2D eigenvalue weighted by Gasteiger charge is -1.94. The largest absolute Gasteiger partial charge is 0.329 e. The summed E-state index contributed by atoms with van der Waals surface area (Å²) in [7, 11) is 1.26. The SMILES string of the molecule is Cn1c(=O)[nH]c2ncn(F)c2c1=O. The summed E-state index contributed by atoms with van der Waals surface area (Å²) in [6.07, 6.45) is 0.821. The van der Waals surface area contributed by atoms with E-state index in [1.807, 2.05) is 0 Å². The van der Waals surface area contributed by atoms with Gasteiger partial charge in [0, 0.05) is 7.05 Å². The van der Waals surface area contributed by atoms with Crippen LogP contribution in [-0.4, -0.2) is 19.3 Å². The zero-order valence-corrected chi connectivity index (χ0v) is 6.61. The van der Waals surface area contributed by atoms with Crippen molar-refractivity contribution in [3.8, 4) is 0 Å². The molecule has 13 heavy (non-hydrogen) atoms. The van der Waals surface area contributed by atoms with Crippen LogP contribution in [0, 0.1) is 0 Å². The van der Waals surface area contributed by atoms with Gasteiger partial charge in [-0.2, -0.15) is 4.79 Å². The average Bonchev–Trinajstić information content (AvgIpc) is 2.43. The molecule has 0 fully saturated rings. The van der Waals surface area contributed by atoms with Crippen LogP contribution in [0.1, 0.15) is 0 Å². The van der Waals surface area contributed by atoms with Gasteiger partial charge < -0.3 is 0 Å². The summed E-state index contributed by atoms with van der Waals surface area (Å²) in [5, 5.41) is 0. The quantitative estimate of drug-likeness (QED) is 0.580. The molecule has 0 radical (unpaired) electrons. The van der Waals surface area contributed by atoms with Crippen molar-refractivity contribution in [3.05, 3.63) is 27.2 Å². The maximum atomic E-state index is 12.8. The summed E-state index contributed by atoms with van der Waals surface area (Å²) in [5.74, 6) is 0. The predicted octanol–water partition coefficient (Wildman–Crippen LogP) is -0.844. The third kappa shape index (κ3) is 0.897. The first-order valence-electron chi connectivity index (χ1n) is 3.44. The molecule has 0 aliphatic heterocycles. The minimum atomic E-state index is -0.709. The molecule has 68 valence electrons. The fourth-order valence-corrected chi connectivity index (χ4v) is 1.05. The zero-order chi connectivity index (χ0) is 9.59. The summed E-state index contributed by atoms with van der Waals surface area (Å²) in [6.45, 7) is 0. The Bertz CT molecular complexity index is 578. The maximum Gasteiger partial charge on any atom is 0.329 e. The highest BCUT2D eigenvalue weighted by Gasteiger charge is 2.09. The average molecular weight is 184 g/mol. The van der Waals surface area contributed by atoms with Gasteiger partial charge in [-0.15, -0.1) is 0 Å². The first-order chi connectivity index (χ1) is 6.11. The standard InChI is InChI=1S/C6H5FN4O2/c1-10-5(12)3-4(9-6(10)13)8-2-11(3)7/h2H,1H3,(H,9,13). The van der Waals surface area contributed by atoms with Crippen LogP contribution in [0.15, 0.2) is 15.9 Å². The number of halogens is 1. The molecule has 2 heterocycles. The van der Waals surface area contributed by atoms with Gasteiger partial charge in [0.25, 0.3) is 5.56 Å². The van der Waals surface area contributed by atoms with Crippen molar-refractivity contribution in [2.24, 2.45) is 7.05 Å². The number of hydrogen-bond acceptors (Lipinski definition) is 3. The Kier molecular flexibility index (Phi) is 1.35. The van der Waals surface area contributed by atoms with Crippen molar-refractivity contribution in [1.29, 1.82) is 0 Å². The molecular weight excluding hydrogens is 179 g/mol. The molecule has 0 atom stereocenters. The van der Waals surface area contributed by atoms with E-state index in [-0.39, 0.29) is 16.0 Å². The second-order valence-corrected chi connectivity index (χ2v) is 2.55. The number of nitrogens with one attached hydrogen (secondary N) is 1. The highest BCUT2D eigenvalue weighted by atomic mass is 19.2. The number of rotatable bonds is 0. The Morgan fingerprint density at radius 2 is 2.23 bits per heavy atom. The van der Waals surface area contributed by atoms with Crippen LogP contribution in [0.2, 0.25) is 0 Å². The van der Waals surface area contributed by atoms with Crippen LogP contribution in [0.25, 0.3) is 11.2 Å². The zero-order valence-electron chi connectivity index (χ0n) is 6.61. The number of aromatic amines is 1. The van der Waals surface area contributed by atoms with E-state index in [9.17, 15) is 14.1 Å². The minimum absolute atomic E-state index is 0.0457. The van der Waals surface area contributed by atoms with E-state index < -0.39 is 11.2 Å². The molecule has 0 spiro atoms. The van der Waals surface area contributed by atoms with Crippen molar-refractivity contribution in [1.82, 2.24) is 19.3 Å². The Morgan fingerprint density at radius 1 is 1.54 bits per heavy atom. The van der Waals surface area contributed by atoms with E-state index in [1.165, 1.54) is 7.05 Å². The van der Waals surface area contributed by atoms with Crippen LogP contribution >= 0.6 is 0 Å². The number of hydrogen-bond donors (Lipinski definition) is 1. The van der Waals surface area contributed by atoms with E-state index in [2.05, 4.69) is 9.97 Å². The van der Waals surface area contributed by atoms with Crippen molar-refractivity contribution in [3.63, 3.8) is 0 Å². The lowest BCUT2D eigenvalue weighted by Crippen LogP contribution is -2.32. The molecule has 0 amide bonds. The lowest BCUT2D eigenvalue weighted by molar-refractivity contribution is 0.382. The van der Waals surface area contributed by atoms with Crippen LogP contribution in [0.3, 0.4) is 0 Å². The van der Waals surface area contributed by atoms with E-state index in [4.69, 9.17) is 0 Å². The minimum Gasteiger partial charge on any atom is -0.290 e. The van der Waals surface area contributed by atoms with Crippen LogP contribution < -0.4 is 11.2 Å². The van der Waals surface area contributed by atoms with Crippen LogP contribution in [0.5, 0.6) is 0 Å². The Balaban J connectivity index is 3.16. The molecule has 0 unspecified atom stereocenters. The Morgan fingerprint density at radius 3 is 2.92 bits per heavy atom. The van der Waals surface area contributed by atoms with E-state index in [0.29, 0.717) is 0 Å². The molecule has 7 heteroatoms. The molecule has 0 bridgehead atoms. The summed E-state index contributed by atoms with van der Waals surface area (Å²) in [5.41, 5.74) is -1.63. The number of imidazole rings is 1. The third-order valence-corrected chi connectivity index (χ3v) is 1.76. The van der Waals surface area contributed by atoms with Gasteiger partial charge in [-0.05, 0) is 0 Å². The molecule has 0 saturated carbocycles. The first-order valence-corrected chi connectivity index (χ1v) is 3.44. The Labute approximate surface area is 70.2 Å². The maximum absolute atomic E-state index is 12.8. The smallest absolute Gasteiger partial charge is 0.290 e. The number of nitrogens with zero attached hydrogens (tertiary/aromatic N) is 3. The van der Waals surface area contributed by atoms with Crippen molar-refractivity contribution in [2.75, 3.05) is 0 Å². The fraction of sp³-hybridized carbons (Fsp3) is 0.167. The lowest BCUT2D eigenvalue weighted by atomic mass is 10.5. The second-order valence-electron chi connectivity index (χ2n) is 2.55. The molecule has 2 aromatic rings. The monoisotopic (exact) mass is 184 g/mol. The van der Waals surface area contributed by atoms with Crippen molar-refractivity contribution < 1.29 is 4.48 Å². The summed E-state index contributed by atoms with van der Waals surface area (Å²) in [4.78, 5) is 28.1. The van der Waals surface area contributed by atoms with Gasteiger partial charge in [0.05, 0.1) is 0 Å². The highest BCUT2D eigenvalue weighted by molar-refractivity contribution is 5.68. The normalized spacial score (nSPS) is 10.9. The van der Waals surface area contributed by atoms with Gasteiger partial charge >= 0.3 is 5.69 Å².